The van der Waals surface area contributed by atoms with Crippen LogP contribution in [0.15, 0.2) is 0 Å². The molecule has 1 aliphatic carbocycles. The molecule has 1 saturated carbocycles. The third-order valence-electron chi connectivity index (χ3n) is 3.86. The number of ether oxygens (including phenoxy) is 1. The average Bonchev–Trinajstić information content (AvgIpc) is 2.26. The number of rotatable bonds is 2. The number of piperazine rings is 1. The Balaban J connectivity index is 1.96. The van der Waals surface area contributed by atoms with E-state index in [4.69, 9.17) is 4.74 Å². The van der Waals surface area contributed by atoms with Gasteiger partial charge in [-0.3, -0.25) is 0 Å². The van der Waals surface area contributed by atoms with Gasteiger partial charge in [-0.05, 0) is 39.5 Å². The van der Waals surface area contributed by atoms with E-state index in [0.717, 1.165) is 32.2 Å². The second-order valence-electron chi connectivity index (χ2n) is 6.57. The molecule has 19 heavy (non-hydrogen) atoms. The van der Waals surface area contributed by atoms with Gasteiger partial charge in [0.15, 0.2) is 0 Å². The van der Waals surface area contributed by atoms with E-state index in [1.54, 1.807) is 0 Å². The fourth-order valence-corrected chi connectivity index (χ4v) is 2.83. The van der Waals surface area contributed by atoms with Gasteiger partial charge >= 0.3 is 6.09 Å². The first kappa shape index (κ1) is 14.3. The first-order chi connectivity index (χ1) is 8.90. The molecule has 0 bridgehead atoms. The highest BCUT2D eigenvalue weighted by molar-refractivity contribution is 5.69. The standard InChI is InChI=1S/C14H24N2O3/c1-14(2,3)19-13(18)16-5-4-15-8-12(16)11-6-10(7-11)9-17/h9-12,15H,4-8H2,1-3H3. The van der Waals surface area contributed by atoms with Crippen LogP contribution in [0.3, 0.4) is 0 Å². The highest BCUT2D eigenvalue weighted by atomic mass is 16.6. The van der Waals surface area contributed by atoms with Crippen molar-refractivity contribution in [3.8, 4) is 0 Å². The molecule has 1 saturated heterocycles. The number of hydrogen-bond acceptors (Lipinski definition) is 4. The Morgan fingerprint density at radius 2 is 2.05 bits per heavy atom. The fourth-order valence-electron chi connectivity index (χ4n) is 2.83. The summed E-state index contributed by atoms with van der Waals surface area (Å²) in [5, 5.41) is 3.33. The Labute approximate surface area is 114 Å². The minimum Gasteiger partial charge on any atom is -0.444 e. The van der Waals surface area contributed by atoms with Crippen molar-refractivity contribution in [1.29, 1.82) is 0 Å². The SMILES string of the molecule is CC(C)(C)OC(=O)N1CCNCC1C1CC(C=O)C1. The minimum absolute atomic E-state index is 0.166. The van der Waals surface area contributed by atoms with E-state index in [9.17, 15) is 9.59 Å². The van der Waals surface area contributed by atoms with Gasteiger partial charge in [-0.25, -0.2) is 4.79 Å². The van der Waals surface area contributed by atoms with Crippen LogP contribution < -0.4 is 5.32 Å². The second-order valence-corrected chi connectivity index (χ2v) is 6.57. The first-order valence-corrected chi connectivity index (χ1v) is 7.06. The zero-order chi connectivity index (χ0) is 14.0. The van der Waals surface area contributed by atoms with E-state index in [-0.39, 0.29) is 18.1 Å². The molecule has 1 atom stereocenters. The number of nitrogens with one attached hydrogen (secondary N) is 1. The summed E-state index contributed by atoms with van der Waals surface area (Å²) in [6.45, 7) is 7.94. The Bertz CT molecular complexity index is 345. The molecule has 0 aromatic rings. The lowest BCUT2D eigenvalue weighted by Gasteiger charge is -2.46. The molecule has 0 radical (unpaired) electrons. The van der Waals surface area contributed by atoms with Crippen molar-refractivity contribution in [2.75, 3.05) is 19.6 Å². The summed E-state index contributed by atoms with van der Waals surface area (Å²) < 4.78 is 5.47. The van der Waals surface area contributed by atoms with Gasteiger partial charge in [-0.15, -0.1) is 0 Å². The predicted molar refractivity (Wildman–Crippen MR) is 71.9 cm³/mol. The Hall–Kier alpha value is -1.10. The molecule has 2 aliphatic rings. The molecule has 5 nitrogen and oxygen atoms in total. The average molecular weight is 268 g/mol. The summed E-state index contributed by atoms with van der Waals surface area (Å²) >= 11 is 0. The van der Waals surface area contributed by atoms with E-state index < -0.39 is 5.60 Å². The van der Waals surface area contributed by atoms with Gasteiger partial charge in [0.25, 0.3) is 0 Å². The number of carbonyl (C=O) groups excluding carboxylic acids is 2. The summed E-state index contributed by atoms with van der Waals surface area (Å²) in [4.78, 5) is 24.8. The van der Waals surface area contributed by atoms with Gasteiger partial charge in [0.05, 0.1) is 6.04 Å². The van der Waals surface area contributed by atoms with E-state index in [1.165, 1.54) is 0 Å². The molecule has 0 aromatic heterocycles. The van der Waals surface area contributed by atoms with Crippen LogP contribution in [0, 0.1) is 11.8 Å². The molecule has 1 heterocycles. The molecular weight excluding hydrogens is 244 g/mol. The molecule has 1 amide bonds. The van der Waals surface area contributed by atoms with Crippen LogP contribution in [0.2, 0.25) is 0 Å². The fraction of sp³-hybridized carbons (Fsp3) is 0.857. The van der Waals surface area contributed by atoms with Crippen LogP contribution in [0.5, 0.6) is 0 Å². The van der Waals surface area contributed by atoms with E-state index >= 15 is 0 Å². The number of carbonyl (C=O) groups is 2. The Morgan fingerprint density at radius 1 is 1.37 bits per heavy atom. The van der Waals surface area contributed by atoms with Crippen molar-refractivity contribution in [3.63, 3.8) is 0 Å². The number of hydrogen-bond donors (Lipinski definition) is 1. The molecular formula is C14H24N2O3. The van der Waals surface area contributed by atoms with Crippen LogP contribution in [0.1, 0.15) is 33.6 Å². The Morgan fingerprint density at radius 3 is 2.63 bits per heavy atom. The predicted octanol–water partition coefficient (Wildman–Crippen LogP) is 1.42. The summed E-state index contributed by atoms with van der Waals surface area (Å²) in [6.07, 6.45) is 2.60. The van der Waals surface area contributed by atoms with Gasteiger partial charge in [-0.1, -0.05) is 0 Å². The van der Waals surface area contributed by atoms with Gasteiger partial charge in [0, 0.05) is 25.6 Å². The van der Waals surface area contributed by atoms with E-state index in [0.29, 0.717) is 12.5 Å². The van der Waals surface area contributed by atoms with Gasteiger partial charge in [0.1, 0.15) is 11.9 Å². The summed E-state index contributed by atoms with van der Waals surface area (Å²) in [7, 11) is 0. The molecule has 108 valence electrons. The third kappa shape index (κ3) is 3.47. The van der Waals surface area contributed by atoms with Crippen LogP contribution in [-0.4, -0.2) is 48.6 Å². The number of amides is 1. The summed E-state index contributed by atoms with van der Waals surface area (Å²) in [5.41, 5.74) is -0.461. The number of aldehydes is 1. The maximum absolute atomic E-state index is 12.2. The molecule has 1 N–H and O–H groups in total. The van der Waals surface area contributed by atoms with E-state index in [2.05, 4.69) is 5.32 Å². The van der Waals surface area contributed by atoms with Crippen LogP contribution in [-0.2, 0) is 9.53 Å². The summed E-state index contributed by atoms with van der Waals surface area (Å²) in [5.74, 6) is 0.614. The minimum atomic E-state index is -0.461. The number of nitrogens with zero attached hydrogens (tertiary/aromatic N) is 1. The highest BCUT2D eigenvalue weighted by Gasteiger charge is 2.41. The first-order valence-electron chi connectivity index (χ1n) is 7.06. The second kappa shape index (κ2) is 5.49. The van der Waals surface area contributed by atoms with Crippen LogP contribution in [0.25, 0.3) is 0 Å². The van der Waals surface area contributed by atoms with Crippen LogP contribution >= 0.6 is 0 Å². The lowest BCUT2D eigenvalue weighted by atomic mass is 9.71. The maximum Gasteiger partial charge on any atom is 0.410 e. The Kier molecular flexibility index (Phi) is 4.13. The lowest BCUT2D eigenvalue weighted by molar-refractivity contribution is -0.115. The van der Waals surface area contributed by atoms with Crippen molar-refractivity contribution in [2.24, 2.45) is 11.8 Å². The smallest absolute Gasteiger partial charge is 0.410 e. The van der Waals surface area contributed by atoms with E-state index in [1.807, 2.05) is 25.7 Å². The van der Waals surface area contributed by atoms with Crippen molar-refractivity contribution in [3.05, 3.63) is 0 Å². The molecule has 2 fully saturated rings. The largest absolute Gasteiger partial charge is 0.444 e. The summed E-state index contributed by atoms with van der Waals surface area (Å²) in [6, 6.07) is 0.166. The molecule has 2 rings (SSSR count). The molecule has 5 heteroatoms. The molecule has 0 aromatic carbocycles. The third-order valence-corrected chi connectivity index (χ3v) is 3.86. The van der Waals surface area contributed by atoms with Gasteiger partial charge < -0.3 is 19.7 Å². The monoisotopic (exact) mass is 268 g/mol. The molecule has 1 aliphatic heterocycles. The van der Waals surface area contributed by atoms with Gasteiger partial charge in [0.2, 0.25) is 0 Å². The normalized spacial score (nSPS) is 31.5. The van der Waals surface area contributed by atoms with Crippen molar-refractivity contribution < 1.29 is 14.3 Å². The lowest BCUT2D eigenvalue weighted by Crippen LogP contribution is -2.59. The quantitative estimate of drug-likeness (QED) is 0.770. The van der Waals surface area contributed by atoms with Gasteiger partial charge in [-0.2, -0.15) is 0 Å². The van der Waals surface area contributed by atoms with Crippen molar-refractivity contribution in [2.45, 2.75) is 45.3 Å². The zero-order valence-electron chi connectivity index (χ0n) is 12.0. The van der Waals surface area contributed by atoms with Crippen molar-refractivity contribution >= 4 is 12.4 Å². The highest BCUT2D eigenvalue weighted by Crippen LogP contribution is 2.37. The zero-order valence-corrected chi connectivity index (χ0v) is 12.0. The molecule has 1 unspecified atom stereocenters. The topological polar surface area (TPSA) is 58.6 Å². The van der Waals surface area contributed by atoms with Crippen molar-refractivity contribution in [1.82, 2.24) is 10.2 Å². The molecule has 0 spiro atoms. The maximum atomic E-state index is 12.2. The van der Waals surface area contributed by atoms with Crippen LogP contribution in [0.4, 0.5) is 4.79 Å².